The van der Waals surface area contributed by atoms with Gasteiger partial charge >= 0.3 is 0 Å². The summed E-state index contributed by atoms with van der Waals surface area (Å²) in [7, 11) is 1.72. The zero-order valence-electron chi connectivity index (χ0n) is 14.2. The van der Waals surface area contributed by atoms with Gasteiger partial charge in [-0.15, -0.1) is 0 Å². The van der Waals surface area contributed by atoms with Crippen LogP contribution in [0.5, 0.6) is 0 Å². The first kappa shape index (κ1) is 18.2. The number of hydrogen-bond acceptors (Lipinski definition) is 4. The highest BCUT2D eigenvalue weighted by atomic mass is 16.5. The van der Waals surface area contributed by atoms with Gasteiger partial charge in [-0.05, 0) is 20.4 Å². The molecule has 0 bridgehead atoms. The van der Waals surface area contributed by atoms with Crippen LogP contribution in [-0.4, -0.2) is 87.9 Å². The van der Waals surface area contributed by atoms with Gasteiger partial charge in [0.05, 0.1) is 13.2 Å². The molecule has 21 heavy (non-hydrogen) atoms. The molecule has 1 fully saturated rings. The Labute approximate surface area is 129 Å². The summed E-state index contributed by atoms with van der Waals surface area (Å²) >= 11 is 0. The Morgan fingerprint density at radius 1 is 1.19 bits per heavy atom. The van der Waals surface area contributed by atoms with Crippen LogP contribution in [0.15, 0.2) is 4.99 Å². The molecule has 1 aliphatic rings. The largest absolute Gasteiger partial charge is 0.383 e. The van der Waals surface area contributed by atoms with Crippen molar-refractivity contribution in [3.8, 4) is 0 Å². The fourth-order valence-corrected chi connectivity index (χ4v) is 2.48. The van der Waals surface area contributed by atoms with E-state index < -0.39 is 0 Å². The maximum atomic E-state index is 5.14. The molecule has 0 saturated carbocycles. The molecule has 1 atom stereocenters. The molecule has 1 saturated heterocycles. The lowest BCUT2D eigenvalue weighted by atomic mass is 10.3. The molecule has 6 heteroatoms. The van der Waals surface area contributed by atoms with Gasteiger partial charge < -0.3 is 20.3 Å². The molecule has 0 aromatic carbocycles. The molecule has 1 unspecified atom stereocenters. The molecule has 2 N–H and O–H groups in total. The monoisotopic (exact) mass is 299 g/mol. The number of nitrogens with zero attached hydrogens (tertiary/aromatic N) is 3. The van der Waals surface area contributed by atoms with Crippen molar-refractivity contribution in [2.75, 3.05) is 66.1 Å². The van der Waals surface area contributed by atoms with Gasteiger partial charge in [0.25, 0.3) is 0 Å². The summed E-state index contributed by atoms with van der Waals surface area (Å²) in [5.41, 5.74) is 0. The van der Waals surface area contributed by atoms with Crippen molar-refractivity contribution in [1.82, 2.24) is 20.4 Å². The van der Waals surface area contributed by atoms with Crippen LogP contribution < -0.4 is 10.6 Å². The summed E-state index contributed by atoms with van der Waals surface area (Å²) in [5.74, 6) is 0.884. The SMILES string of the molecule is CCNC(=NCCN1CCN(CC)CC1)NC(C)COC. The third-order valence-corrected chi connectivity index (χ3v) is 3.74. The molecule has 0 aromatic heterocycles. The van der Waals surface area contributed by atoms with Crippen LogP contribution in [0.2, 0.25) is 0 Å². The number of aliphatic imine (C=N–C) groups is 1. The summed E-state index contributed by atoms with van der Waals surface area (Å²) < 4.78 is 5.14. The van der Waals surface area contributed by atoms with E-state index in [4.69, 9.17) is 4.74 Å². The highest BCUT2D eigenvalue weighted by Crippen LogP contribution is 2.00. The summed E-state index contributed by atoms with van der Waals surface area (Å²) in [5, 5.41) is 6.64. The Hall–Kier alpha value is -0.850. The second-order valence-corrected chi connectivity index (χ2v) is 5.54. The number of hydrogen-bond donors (Lipinski definition) is 2. The highest BCUT2D eigenvalue weighted by Gasteiger charge is 2.14. The van der Waals surface area contributed by atoms with Crippen molar-refractivity contribution in [1.29, 1.82) is 0 Å². The Bertz CT molecular complexity index is 290. The van der Waals surface area contributed by atoms with E-state index in [0.29, 0.717) is 6.61 Å². The van der Waals surface area contributed by atoms with Gasteiger partial charge in [-0.3, -0.25) is 9.89 Å². The predicted octanol–water partition coefficient (Wildman–Crippen LogP) is 0.214. The second kappa shape index (κ2) is 10.8. The lowest BCUT2D eigenvalue weighted by Gasteiger charge is -2.33. The van der Waals surface area contributed by atoms with E-state index in [1.54, 1.807) is 7.11 Å². The van der Waals surface area contributed by atoms with Gasteiger partial charge in [0.2, 0.25) is 0 Å². The number of piperazine rings is 1. The molecule has 1 aliphatic heterocycles. The van der Waals surface area contributed by atoms with Crippen molar-refractivity contribution in [2.24, 2.45) is 4.99 Å². The van der Waals surface area contributed by atoms with Crippen LogP contribution in [-0.2, 0) is 4.74 Å². The van der Waals surface area contributed by atoms with Crippen molar-refractivity contribution in [3.05, 3.63) is 0 Å². The van der Waals surface area contributed by atoms with Gasteiger partial charge in [0, 0.05) is 52.4 Å². The van der Waals surface area contributed by atoms with Crippen LogP contribution in [0, 0.1) is 0 Å². The van der Waals surface area contributed by atoms with E-state index in [0.717, 1.165) is 45.2 Å². The number of methoxy groups -OCH3 is 1. The topological polar surface area (TPSA) is 52.1 Å². The molecule has 0 amide bonds. The number of guanidine groups is 1. The lowest BCUT2D eigenvalue weighted by Crippen LogP contribution is -2.47. The quantitative estimate of drug-likeness (QED) is 0.496. The average molecular weight is 299 g/mol. The first-order valence-corrected chi connectivity index (χ1v) is 8.18. The molecular weight excluding hydrogens is 266 g/mol. The van der Waals surface area contributed by atoms with E-state index in [2.05, 4.69) is 46.2 Å². The van der Waals surface area contributed by atoms with Gasteiger partial charge in [-0.2, -0.15) is 0 Å². The smallest absolute Gasteiger partial charge is 0.191 e. The van der Waals surface area contributed by atoms with E-state index in [1.165, 1.54) is 13.1 Å². The lowest BCUT2D eigenvalue weighted by molar-refractivity contribution is 0.140. The van der Waals surface area contributed by atoms with Crippen molar-refractivity contribution < 1.29 is 4.74 Å². The fraction of sp³-hybridized carbons (Fsp3) is 0.933. The Morgan fingerprint density at radius 2 is 1.86 bits per heavy atom. The van der Waals surface area contributed by atoms with Gasteiger partial charge in [0.1, 0.15) is 0 Å². The number of likely N-dealkylation sites (N-methyl/N-ethyl adjacent to an activating group) is 1. The summed E-state index contributed by atoms with van der Waals surface area (Å²) in [6.45, 7) is 15.7. The average Bonchev–Trinajstić information content (AvgIpc) is 2.48. The molecule has 1 rings (SSSR count). The standard InChI is InChI=1S/C15H33N5O/c1-5-16-15(18-14(3)13-21-4)17-7-8-20-11-9-19(6-2)10-12-20/h14H,5-13H2,1-4H3,(H2,16,17,18). The molecule has 0 spiro atoms. The van der Waals surface area contributed by atoms with Gasteiger partial charge in [-0.1, -0.05) is 6.92 Å². The molecule has 0 aromatic rings. The molecule has 124 valence electrons. The van der Waals surface area contributed by atoms with Crippen molar-refractivity contribution in [2.45, 2.75) is 26.8 Å². The first-order chi connectivity index (χ1) is 10.2. The minimum absolute atomic E-state index is 0.265. The Balaban J connectivity index is 2.30. The Kier molecular flexibility index (Phi) is 9.37. The third-order valence-electron chi connectivity index (χ3n) is 3.74. The minimum atomic E-state index is 0.265. The van der Waals surface area contributed by atoms with Gasteiger partial charge in [0.15, 0.2) is 5.96 Å². The van der Waals surface area contributed by atoms with Gasteiger partial charge in [-0.25, -0.2) is 0 Å². The zero-order chi connectivity index (χ0) is 15.5. The minimum Gasteiger partial charge on any atom is -0.383 e. The van der Waals surface area contributed by atoms with E-state index in [9.17, 15) is 0 Å². The third kappa shape index (κ3) is 7.64. The zero-order valence-corrected chi connectivity index (χ0v) is 14.2. The number of nitrogens with one attached hydrogen (secondary N) is 2. The summed E-state index contributed by atoms with van der Waals surface area (Å²) in [4.78, 5) is 9.65. The first-order valence-electron chi connectivity index (χ1n) is 8.18. The maximum Gasteiger partial charge on any atom is 0.191 e. The second-order valence-electron chi connectivity index (χ2n) is 5.54. The number of ether oxygens (including phenoxy) is 1. The molecule has 0 aliphatic carbocycles. The van der Waals surface area contributed by atoms with Crippen LogP contribution in [0.4, 0.5) is 0 Å². The Morgan fingerprint density at radius 3 is 2.43 bits per heavy atom. The van der Waals surface area contributed by atoms with E-state index >= 15 is 0 Å². The molecule has 1 heterocycles. The van der Waals surface area contributed by atoms with Crippen LogP contribution in [0.1, 0.15) is 20.8 Å². The highest BCUT2D eigenvalue weighted by molar-refractivity contribution is 5.80. The van der Waals surface area contributed by atoms with Crippen LogP contribution in [0.25, 0.3) is 0 Å². The maximum absolute atomic E-state index is 5.14. The fourth-order valence-electron chi connectivity index (χ4n) is 2.48. The summed E-state index contributed by atoms with van der Waals surface area (Å²) in [6.07, 6.45) is 0. The van der Waals surface area contributed by atoms with Crippen molar-refractivity contribution in [3.63, 3.8) is 0 Å². The van der Waals surface area contributed by atoms with Crippen LogP contribution in [0.3, 0.4) is 0 Å². The normalized spacial score (nSPS) is 19.5. The summed E-state index contributed by atoms with van der Waals surface area (Å²) in [6, 6.07) is 0.265. The molecule has 0 radical (unpaired) electrons. The molecular formula is C15H33N5O. The van der Waals surface area contributed by atoms with Crippen LogP contribution >= 0.6 is 0 Å². The predicted molar refractivity (Wildman–Crippen MR) is 89.0 cm³/mol. The van der Waals surface area contributed by atoms with E-state index in [-0.39, 0.29) is 6.04 Å². The molecule has 6 nitrogen and oxygen atoms in total. The van der Waals surface area contributed by atoms with E-state index in [1.807, 2.05) is 0 Å². The van der Waals surface area contributed by atoms with Crippen molar-refractivity contribution >= 4 is 5.96 Å². The number of rotatable bonds is 8.